The van der Waals surface area contributed by atoms with Crippen molar-refractivity contribution < 1.29 is 37.1 Å². The van der Waals surface area contributed by atoms with E-state index in [0.29, 0.717) is 16.9 Å². The molecule has 8 nitrogen and oxygen atoms in total. The van der Waals surface area contributed by atoms with Crippen LogP contribution in [0.1, 0.15) is 69.0 Å². The molecule has 0 unspecified atom stereocenters. The number of hydrogen-bond acceptors (Lipinski definition) is 8. The number of methoxy groups -OCH3 is 1. The molecular formula is C18H29O8P. The lowest BCUT2D eigenvalue weighted by molar-refractivity contribution is -0.142. The second-order valence-electron chi connectivity index (χ2n) is 6.84. The van der Waals surface area contributed by atoms with E-state index in [1.165, 1.54) is 14.0 Å². The molecule has 154 valence electrons. The van der Waals surface area contributed by atoms with Crippen LogP contribution in [-0.2, 0) is 46.1 Å². The Bertz CT molecular complexity index is 704. The Labute approximate surface area is 160 Å². The van der Waals surface area contributed by atoms with Crippen molar-refractivity contribution in [3.63, 3.8) is 0 Å². The van der Waals surface area contributed by atoms with E-state index in [4.69, 9.17) is 22.9 Å². The van der Waals surface area contributed by atoms with E-state index in [1.54, 1.807) is 13.8 Å². The van der Waals surface area contributed by atoms with Gasteiger partial charge in [-0.1, -0.05) is 20.8 Å². The first-order valence-electron chi connectivity index (χ1n) is 8.73. The van der Waals surface area contributed by atoms with E-state index < -0.39 is 24.9 Å². The summed E-state index contributed by atoms with van der Waals surface area (Å²) < 4.78 is 39.5. The topological polar surface area (TPSA) is 101 Å². The Morgan fingerprint density at radius 3 is 2.04 bits per heavy atom. The van der Waals surface area contributed by atoms with Crippen LogP contribution >= 0.6 is 7.60 Å². The van der Waals surface area contributed by atoms with Gasteiger partial charge in [-0.3, -0.25) is 9.36 Å². The first-order chi connectivity index (χ1) is 12.5. The number of esters is 2. The fraction of sp³-hybridized carbons (Fsp3) is 0.667. The molecule has 0 aromatic carbocycles. The highest BCUT2D eigenvalue weighted by atomic mass is 31.2. The lowest BCUT2D eigenvalue weighted by atomic mass is 9.89. The van der Waals surface area contributed by atoms with Gasteiger partial charge in [0.05, 0.1) is 26.5 Å². The molecule has 1 aromatic rings. The van der Waals surface area contributed by atoms with Crippen molar-refractivity contribution in [2.45, 2.75) is 59.7 Å². The van der Waals surface area contributed by atoms with E-state index in [9.17, 15) is 14.2 Å². The molecule has 0 aliphatic carbocycles. The lowest BCUT2D eigenvalue weighted by Gasteiger charge is -2.19. The summed E-state index contributed by atoms with van der Waals surface area (Å²) in [4.78, 5) is 23.6. The zero-order chi connectivity index (χ0) is 20.8. The van der Waals surface area contributed by atoms with Gasteiger partial charge in [-0.25, -0.2) is 4.79 Å². The minimum absolute atomic E-state index is 0.0933. The lowest BCUT2D eigenvalue weighted by Crippen LogP contribution is -2.14. The van der Waals surface area contributed by atoms with Gasteiger partial charge in [0.25, 0.3) is 0 Å². The van der Waals surface area contributed by atoms with Gasteiger partial charge < -0.3 is 22.9 Å². The Balaban J connectivity index is 3.59. The summed E-state index contributed by atoms with van der Waals surface area (Å²) in [6.45, 7) is 10.6. The third-order valence-corrected chi connectivity index (χ3v) is 5.60. The second-order valence-corrected chi connectivity index (χ2v) is 8.90. The first-order valence-corrected chi connectivity index (χ1v) is 10.5. The van der Waals surface area contributed by atoms with Crippen LogP contribution in [0.15, 0.2) is 4.42 Å². The molecule has 1 rings (SSSR count). The number of ether oxygens (including phenoxy) is 2. The molecule has 0 bridgehead atoms. The van der Waals surface area contributed by atoms with Crippen molar-refractivity contribution in [1.82, 2.24) is 0 Å². The van der Waals surface area contributed by atoms with Crippen LogP contribution in [0.2, 0.25) is 0 Å². The molecule has 0 amide bonds. The summed E-state index contributed by atoms with van der Waals surface area (Å²) in [6.07, 6.45) is -0.199. The fourth-order valence-electron chi connectivity index (χ4n) is 2.57. The molecular weight excluding hydrogens is 375 g/mol. The smallest absolute Gasteiger partial charge is 0.374 e. The summed E-state index contributed by atoms with van der Waals surface area (Å²) in [6, 6.07) is 0. The first kappa shape index (κ1) is 23.4. The molecule has 0 fully saturated rings. The molecule has 0 saturated carbocycles. The standard InChI is InChI=1S/C18H29O8P/c1-8-24-27(21,25-9-2)11-14-13(10-23-12(3)19)16(18(4,5)6)26-15(14)17(20)22-7/h8-11H2,1-7H3. The molecule has 1 heterocycles. The van der Waals surface area contributed by atoms with Gasteiger partial charge in [-0.2, -0.15) is 0 Å². The third-order valence-electron chi connectivity index (χ3n) is 3.59. The molecule has 0 radical (unpaired) electrons. The summed E-state index contributed by atoms with van der Waals surface area (Å²) in [5, 5.41) is 0. The van der Waals surface area contributed by atoms with Gasteiger partial charge in [0.1, 0.15) is 12.4 Å². The van der Waals surface area contributed by atoms with Crippen molar-refractivity contribution in [3.8, 4) is 0 Å². The molecule has 0 spiro atoms. The maximum atomic E-state index is 13.0. The van der Waals surface area contributed by atoms with Crippen LogP contribution in [0.25, 0.3) is 0 Å². The van der Waals surface area contributed by atoms with Gasteiger partial charge in [0, 0.05) is 23.5 Å². The van der Waals surface area contributed by atoms with Crippen LogP contribution in [0.3, 0.4) is 0 Å². The van der Waals surface area contributed by atoms with E-state index in [2.05, 4.69) is 0 Å². The quantitative estimate of drug-likeness (QED) is 0.446. The average Bonchev–Trinajstić information content (AvgIpc) is 2.90. The maximum Gasteiger partial charge on any atom is 0.374 e. The minimum Gasteiger partial charge on any atom is -0.463 e. The van der Waals surface area contributed by atoms with Gasteiger partial charge in [0.15, 0.2) is 0 Å². The van der Waals surface area contributed by atoms with Crippen LogP contribution < -0.4 is 0 Å². The Hall–Kier alpha value is -1.63. The third kappa shape index (κ3) is 6.19. The van der Waals surface area contributed by atoms with Gasteiger partial charge in [0.2, 0.25) is 5.76 Å². The van der Waals surface area contributed by atoms with E-state index >= 15 is 0 Å². The summed E-state index contributed by atoms with van der Waals surface area (Å²) in [5.41, 5.74) is 0.272. The Morgan fingerprint density at radius 2 is 1.63 bits per heavy atom. The number of carbonyl (C=O) groups excluding carboxylic acids is 2. The predicted molar refractivity (Wildman–Crippen MR) is 98.8 cm³/mol. The van der Waals surface area contributed by atoms with Gasteiger partial charge in [-0.15, -0.1) is 0 Å². The van der Waals surface area contributed by atoms with Crippen LogP contribution in [0, 0.1) is 0 Å². The van der Waals surface area contributed by atoms with Gasteiger partial charge in [-0.05, 0) is 13.8 Å². The van der Waals surface area contributed by atoms with E-state index in [1.807, 2.05) is 20.8 Å². The monoisotopic (exact) mass is 404 g/mol. The van der Waals surface area contributed by atoms with E-state index in [-0.39, 0.29) is 31.7 Å². The Morgan fingerprint density at radius 1 is 1.07 bits per heavy atom. The zero-order valence-corrected chi connectivity index (χ0v) is 17.9. The maximum absolute atomic E-state index is 13.0. The largest absolute Gasteiger partial charge is 0.463 e. The number of furan rings is 1. The highest BCUT2D eigenvalue weighted by Crippen LogP contribution is 2.53. The molecule has 0 aliphatic rings. The number of rotatable bonds is 9. The Kier molecular flexibility index (Phi) is 8.26. The fourth-order valence-corrected chi connectivity index (χ4v) is 4.34. The zero-order valence-electron chi connectivity index (χ0n) is 17.0. The molecule has 1 aromatic heterocycles. The molecule has 0 aliphatic heterocycles. The molecule has 9 heteroatoms. The molecule has 0 saturated heterocycles. The molecule has 0 atom stereocenters. The average molecular weight is 404 g/mol. The second kappa shape index (κ2) is 9.53. The summed E-state index contributed by atoms with van der Waals surface area (Å²) in [7, 11) is -2.32. The normalized spacial score (nSPS) is 12.1. The molecule has 0 N–H and O–H groups in total. The van der Waals surface area contributed by atoms with Crippen LogP contribution in [-0.4, -0.2) is 32.3 Å². The predicted octanol–water partition coefficient (Wildman–Crippen LogP) is 4.19. The van der Waals surface area contributed by atoms with Crippen molar-refractivity contribution in [1.29, 1.82) is 0 Å². The van der Waals surface area contributed by atoms with Crippen molar-refractivity contribution in [2.24, 2.45) is 0 Å². The van der Waals surface area contributed by atoms with Gasteiger partial charge >= 0.3 is 19.5 Å². The summed E-state index contributed by atoms with van der Waals surface area (Å²) in [5.74, 6) is -0.855. The number of hydrogen-bond donors (Lipinski definition) is 0. The number of carbonyl (C=O) groups is 2. The highest BCUT2D eigenvalue weighted by Gasteiger charge is 2.36. The molecule has 27 heavy (non-hydrogen) atoms. The minimum atomic E-state index is -3.54. The van der Waals surface area contributed by atoms with Crippen molar-refractivity contribution in [2.75, 3.05) is 20.3 Å². The summed E-state index contributed by atoms with van der Waals surface area (Å²) >= 11 is 0. The van der Waals surface area contributed by atoms with E-state index in [0.717, 1.165) is 0 Å². The van der Waals surface area contributed by atoms with Crippen molar-refractivity contribution in [3.05, 3.63) is 22.6 Å². The van der Waals surface area contributed by atoms with Crippen LogP contribution in [0.5, 0.6) is 0 Å². The SMILES string of the molecule is CCOP(=O)(Cc1c(C(=O)OC)oc(C(C)(C)C)c1COC(C)=O)OCC. The van der Waals surface area contributed by atoms with Crippen molar-refractivity contribution >= 4 is 19.5 Å². The highest BCUT2D eigenvalue weighted by molar-refractivity contribution is 7.53. The van der Waals surface area contributed by atoms with Crippen LogP contribution in [0.4, 0.5) is 0 Å².